The number of aryl methyl sites for hydroxylation is 1. The van der Waals surface area contributed by atoms with Gasteiger partial charge in [-0.1, -0.05) is 37.6 Å². The molecule has 5 nitrogen and oxygen atoms in total. The molecule has 2 atom stereocenters. The van der Waals surface area contributed by atoms with Crippen LogP contribution in [0.4, 0.5) is 11.4 Å². The standard InChI is InChI=1S/C32H35N3O2/c1-19-6-8-25-23(14-19)31(2,3)29-21-16-22-28(37-27(21)10-12-34(25)29)11-13-35-26-9-7-20(17-33-18-36)15-24(26)32(4,5)30(22)35/h6-9,14-16,18,27-28H,10-13,17H2,1-5H3/p+1. The molecule has 1 N–H and O–H groups in total. The molecule has 0 fully saturated rings. The molecule has 2 aromatic carbocycles. The van der Waals surface area contributed by atoms with Crippen molar-refractivity contribution in [3.8, 4) is 0 Å². The Kier molecular flexibility index (Phi) is 4.76. The smallest absolute Gasteiger partial charge is 0.209 e. The molecule has 5 heteroatoms. The number of carbonyl (C=O) groups is 1. The molecular formula is C32H36N3O2+. The Bertz CT molecular complexity index is 1460. The van der Waals surface area contributed by atoms with Crippen molar-refractivity contribution in [2.75, 3.05) is 18.0 Å². The van der Waals surface area contributed by atoms with Crippen LogP contribution in [-0.4, -0.2) is 42.0 Å². The predicted molar refractivity (Wildman–Crippen MR) is 147 cm³/mol. The molecule has 190 valence electrons. The van der Waals surface area contributed by atoms with Crippen LogP contribution in [0.2, 0.25) is 0 Å². The summed E-state index contributed by atoms with van der Waals surface area (Å²) < 4.78 is 9.48. The molecule has 0 aromatic heterocycles. The van der Waals surface area contributed by atoms with Crippen molar-refractivity contribution in [1.29, 1.82) is 0 Å². The maximum absolute atomic E-state index is 10.9. The highest BCUT2D eigenvalue weighted by Crippen LogP contribution is 2.54. The summed E-state index contributed by atoms with van der Waals surface area (Å²) in [5, 5.41) is 2.82. The van der Waals surface area contributed by atoms with E-state index < -0.39 is 0 Å². The van der Waals surface area contributed by atoms with E-state index in [1.54, 1.807) is 0 Å². The van der Waals surface area contributed by atoms with Gasteiger partial charge in [0.25, 0.3) is 0 Å². The summed E-state index contributed by atoms with van der Waals surface area (Å²) in [6.07, 6.45) is 5.63. The minimum absolute atomic E-state index is 0.0593. The second-order valence-corrected chi connectivity index (χ2v) is 12.4. The fourth-order valence-corrected chi connectivity index (χ4v) is 7.72. The molecule has 0 saturated carbocycles. The summed E-state index contributed by atoms with van der Waals surface area (Å²) in [5.74, 6) is 0. The van der Waals surface area contributed by atoms with Crippen LogP contribution in [0.25, 0.3) is 0 Å². The van der Waals surface area contributed by atoms with Crippen LogP contribution in [0.3, 0.4) is 0 Å². The van der Waals surface area contributed by atoms with E-state index in [0.29, 0.717) is 6.54 Å². The van der Waals surface area contributed by atoms with E-state index >= 15 is 0 Å². The first kappa shape index (κ1) is 23.0. The topological polar surface area (TPSA) is 44.6 Å². The van der Waals surface area contributed by atoms with Crippen LogP contribution in [0.5, 0.6) is 0 Å². The Hall–Kier alpha value is -3.18. The number of rotatable bonds is 3. The molecule has 0 radical (unpaired) electrons. The van der Waals surface area contributed by atoms with Gasteiger partial charge in [0.2, 0.25) is 12.1 Å². The fourth-order valence-electron chi connectivity index (χ4n) is 7.72. The van der Waals surface area contributed by atoms with Crippen LogP contribution in [-0.2, 0) is 26.9 Å². The minimum Gasteiger partial charge on any atom is -0.365 e. The highest BCUT2D eigenvalue weighted by molar-refractivity contribution is 6.08. The van der Waals surface area contributed by atoms with Crippen molar-refractivity contribution >= 4 is 23.5 Å². The third kappa shape index (κ3) is 3.07. The average molecular weight is 495 g/mol. The number of nitrogens with one attached hydrogen (secondary N) is 1. The molecule has 0 spiro atoms. The van der Waals surface area contributed by atoms with E-state index in [-0.39, 0.29) is 23.0 Å². The SMILES string of the molecule is Cc1ccc2c(c1)C(C)(C)C1=C3C=C4C5=[N+](CCC4OC3CCN12)c1ccc(CNC=O)cc1C5(C)C. The number of nitrogens with zero attached hydrogens (tertiary/aromatic N) is 2. The van der Waals surface area contributed by atoms with Gasteiger partial charge in [-0.2, -0.15) is 4.58 Å². The predicted octanol–water partition coefficient (Wildman–Crippen LogP) is 5.17. The van der Waals surface area contributed by atoms with Gasteiger partial charge in [-0.15, -0.1) is 0 Å². The third-order valence-corrected chi connectivity index (χ3v) is 9.36. The monoisotopic (exact) mass is 494 g/mol. The lowest BCUT2D eigenvalue weighted by Crippen LogP contribution is -2.47. The number of amides is 1. The molecule has 2 unspecified atom stereocenters. The fraction of sp³-hybridized carbons (Fsp3) is 0.438. The maximum Gasteiger partial charge on any atom is 0.209 e. The van der Waals surface area contributed by atoms with Crippen LogP contribution in [0, 0.1) is 6.92 Å². The van der Waals surface area contributed by atoms with Gasteiger partial charge in [-0.05, 0) is 56.5 Å². The van der Waals surface area contributed by atoms with Gasteiger partial charge in [0.15, 0.2) is 12.3 Å². The molecule has 37 heavy (non-hydrogen) atoms. The Morgan fingerprint density at radius 1 is 1.05 bits per heavy atom. The van der Waals surface area contributed by atoms with E-state index in [0.717, 1.165) is 37.9 Å². The Morgan fingerprint density at radius 2 is 1.89 bits per heavy atom. The molecular weight excluding hydrogens is 458 g/mol. The van der Waals surface area contributed by atoms with Crippen LogP contribution in [0.15, 0.2) is 59.3 Å². The van der Waals surface area contributed by atoms with E-state index in [1.165, 1.54) is 50.6 Å². The summed E-state index contributed by atoms with van der Waals surface area (Å²) in [7, 11) is 0. The van der Waals surface area contributed by atoms with E-state index in [1.807, 2.05) is 0 Å². The van der Waals surface area contributed by atoms with Gasteiger partial charge in [0.1, 0.15) is 0 Å². The quantitative estimate of drug-likeness (QED) is 0.473. The highest BCUT2D eigenvalue weighted by Gasteiger charge is 2.54. The zero-order valence-electron chi connectivity index (χ0n) is 22.5. The average Bonchev–Trinajstić information content (AvgIpc) is 3.25. The lowest BCUT2D eigenvalue weighted by atomic mass is 9.73. The molecule has 5 aliphatic heterocycles. The van der Waals surface area contributed by atoms with E-state index in [9.17, 15) is 4.79 Å². The number of hydrogen-bond donors (Lipinski definition) is 1. The highest BCUT2D eigenvalue weighted by atomic mass is 16.5. The first-order chi connectivity index (χ1) is 17.7. The number of hydrogen-bond acceptors (Lipinski definition) is 3. The maximum atomic E-state index is 10.9. The largest absolute Gasteiger partial charge is 0.365 e. The van der Waals surface area contributed by atoms with Gasteiger partial charge in [0.05, 0.1) is 17.6 Å². The number of carbonyl (C=O) groups excluding carboxylic acids is 1. The number of benzene rings is 2. The van der Waals surface area contributed by atoms with Crippen molar-refractivity contribution < 1.29 is 14.1 Å². The molecule has 0 saturated heterocycles. The van der Waals surface area contributed by atoms with Crippen molar-refractivity contribution in [3.63, 3.8) is 0 Å². The van der Waals surface area contributed by atoms with Crippen LogP contribution in [0.1, 0.15) is 62.8 Å². The van der Waals surface area contributed by atoms with Crippen molar-refractivity contribution in [2.45, 2.75) is 77.0 Å². The van der Waals surface area contributed by atoms with Gasteiger partial charge in [-0.25, -0.2) is 0 Å². The molecule has 0 aliphatic carbocycles. The molecule has 5 aliphatic rings. The van der Waals surface area contributed by atoms with E-state index in [4.69, 9.17) is 4.74 Å². The minimum atomic E-state index is -0.141. The number of allylic oxidation sites excluding steroid dienone is 1. The van der Waals surface area contributed by atoms with Crippen molar-refractivity contribution in [2.24, 2.45) is 0 Å². The Labute approximate surface area is 219 Å². The summed E-state index contributed by atoms with van der Waals surface area (Å²) in [6, 6.07) is 13.6. The molecule has 1 amide bonds. The summed E-state index contributed by atoms with van der Waals surface area (Å²) in [6.45, 7) is 14.2. The van der Waals surface area contributed by atoms with Gasteiger partial charge >= 0.3 is 0 Å². The van der Waals surface area contributed by atoms with Crippen LogP contribution < -0.4 is 10.2 Å². The lowest BCUT2D eigenvalue weighted by Gasteiger charge is -2.42. The van der Waals surface area contributed by atoms with Gasteiger partial charge in [-0.3, -0.25) is 4.79 Å². The third-order valence-electron chi connectivity index (χ3n) is 9.36. The molecule has 0 bridgehead atoms. The molecule has 2 aromatic rings. The first-order valence-corrected chi connectivity index (χ1v) is 13.7. The number of ether oxygens (including phenoxy) is 1. The zero-order valence-corrected chi connectivity index (χ0v) is 22.5. The molecule has 5 heterocycles. The summed E-state index contributed by atoms with van der Waals surface area (Å²) in [5.41, 5.74) is 13.2. The second kappa shape index (κ2) is 7.67. The second-order valence-electron chi connectivity index (χ2n) is 12.4. The Balaban J connectivity index is 1.38. The summed E-state index contributed by atoms with van der Waals surface area (Å²) in [4.78, 5) is 13.4. The first-order valence-electron chi connectivity index (χ1n) is 13.7. The van der Waals surface area contributed by atoms with Crippen molar-refractivity contribution in [3.05, 3.63) is 81.6 Å². The Morgan fingerprint density at radius 3 is 2.70 bits per heavy atom. The normalized spacial score (nSPS) is 26.0. The van der Waals surface area contributed by atoms with Crippen LogP contribution >= 0.6 is 0 Å². The number of fused-ring (bicyclic) bond motifs is 8. The number of anilines is 1. The van der Waals surface area contributed by atoms with Crippen molar-refractivity contribution in [1.82, 2.24) is 5.32 Å². The lowest BCUT2D eigenvalue weighted by molar-refractivity contribution is -0.445. The summed E-state index contributed by atoms with van der Waals surface area (Å²) >= 11 is 0. The molecule has 7 rings (SSSR count). The van der Waals surface area contributed by atoms with Gasteiger partial charge in [0, 0.05) is 59.1 Å². The van der Waals surface area contributed by atoms with E-state index in [2.05, 4.69) is 91.9 Å². The van der Waals surface area contributed by atoms with Gasteiger partial charge < -0.3 is 15.0 Å². The zero-order chi connectivity index (χ0) is 25.7.